The lowest BCUT2D eigenvalue weighted by Crippen LogP contribution is -1.89. The first kappa shape index (κ1) is 8.73. The number of rotatable bonds is 3. The van der Waals surface area contributed by atoms with Crippen molar-refractivity contribution in [1.82, 2.24) is 0 Å². The number of furan rings is 1. The molecule has 0 aliphatic rings. The average molecular weight is 184 g/mol. The van der Waals surface area contributed by atoms with Gasteiger partial charge < -0.3 is 4.42 Å². The van der Waals surface area contributed by atoms with Gasteiger partial charge in [-0.05, 0) is 0 Å². The van der Waals surface area contributed by atoms with E-state index < -0.39 is 0 Å². The van der Waals surface area contributed by atoms with Crippen LogP contribution >= 0.6 is 12.6 Å². The number of hydrogen-bond donors (Lipinski definition) is 1. The predicted octanol–water partition coefficient (Wildman–Crippen LogP) is 1.01. The van der Waals surface area contributed by atoms with Gasteiger partial charge in [-0.2, -0.15) is 0 Å². The summed E-state index contributed by atoms with van der Waals surface area (Å²) in [6.07, 6.45) is 1.16. The van der Waals surface area contributed by atoms with Crippen molar-refractivity contribution in [2.45, 2.75) is 5.09 Å². The van der Waals surface area contributed by atoms with Gasteiger partial charge in [0.05, 0.1) is 11.1 Å². The molecule has 0 saturated heterocycles. The van der Waals surface area contributed by atoms with Gasteiger partial charge in [0.25, 0.3) is 0 Å². The zero-order chi connectivity index (χ0) is 9.14. The van der Waals surface area contributed by atoms with Gasteiger partial charge in [-0.15, -0.1) is 12.6 Å². The van der Waals surface area contributed by atoms with Gasteiger partial charge in [0.15, 0.2) is 29.7 Å². The van der Waals surface area contributed by atoms with E-state index in [1.165, 1.54) is 0 Å². The van der Waals surface area contributed by atoms with Gasteiger partial charge in [-0.25, -0.2) is 0 Å². The predicted molar refractivity (Wildman–Crippen MR) is 42.1 cm³/mol. The summed E-state index contributed by atoms with van der Waals surface area (Å²) in [5.74, 6) is -0.169. The lowest BCUT2D eigenvalue weighted by Gasteiger charge is -1.82. The van der Waals surface area contributed by atoms with Crippen LogP contribution in [0.3, 0.4) is 0 Å². The Bertz CT molecular complexity index is 339. The van der Waals surface area contributed by atoms with E-state index in [0.717, 1.165) is 0 Å². The summed E-state index contributed by atoms with van der Waals surface area (Å²) in [7, 11) is 0. The molecule has 1 heterocycles. The average Bonchev–Trinajstić information content (AvgIpc) is 2.40. The highest BCUT2D eigenvalue weighted by molar-refractivity contribution is 7.80. The molecule has 0 fully saturated rings. The standard InChI is InChI=1S/C7H4O4S/c8-1-4-5(2-9)7(12)11-6(4)3-10/h1-3,12H. The second-order valence-corrected chi connectivity index (χ2v) is 2.36. The van der Waals surface area contributed by atoms with Gasteiger partial charge in [0.2, 0.25) is 0 Å². The third-order valence-corrected chi connectivity index (χ3v) is 1.67. The van der Waals surface area contributed by atoms with E-state index in [9.17, 15) is 14.4 Å². The molecule has 0 aliphatic heterocycles. The zero-order valence-electron chi connectivity index (χ0n) is 5.81. The Labute approximate surface area is 73.0 Å². The summed E-state index contributed by atoms with van der Waals surface area (Å²) in [5, 5.41) is -0.0193. The first-order valence-electron chi connectivity index (χ1n) is 2.95. The van der Waals surface area contributed by atoms with E-state index in [4.69, 9.17) is 4.42 Å². The lowest BCUT2D eigenvalue weighted by molar-refractivity contribution is 0.107. The molecule has 1 rings (SSSR count). The van der Waals surface area contributed by atoms with Crippen molar-refractivity contribution in [2.75, 3.05) is 0 Å². The quantitative estimate of drug-likeness (QED) is 0.562. The first-order chi connectivity index (χ1) is 5.74. The van der Waals surface area contributed by atoms with Crippen LogP contribution < -0.4 is 0 Å². The summed E-state index contributed by atoms with van der Waals surface area (Å²) >= 11 is 3.76. The van der Waals surface area contributed by atoms with Crippen LogP contribution in [0.5, 0.6) is 0 Å². The summed E-state index contributed by atoms with van der Waals surface area (Å²) in [6.45, 7) is 0. The number of carbonyl (C=O) groups excluding carboxylic acids is 3. The minimum absolute atomic E-state index is 0.00966. The SMILES string of the molecule is O=Cc1oc(S)c(C=O)c1C=O. The molecule has 0 bridgehead atoms. The van der Waals surface area contributed by atoms with Crippen LogP contribution in [0.15, 0.2) is 9.51 Å². The number of hydrogen-bond acceptors (Lipinski definition) is 5. The molecule has 1 aromatic heterocycles. The van der Waals surface area contributed by atoms with Crippen LogP contribution in [-0.2, 0) is 0 Å². The van der Waals surface area contributed by atoms with E-state index >= 15 is 0 Å². The Balaban J connectivity index is 3.44. The Morgan fingerprint density at radius 3 is 2.00 bits per heavy atom. The van der Waals surface area contributed by atoms with E-state index in [-0.39, 0.29) is 22.0 Å². The molecule has 0 unspecified atom stereocenters. The summed E-state index contributed by atoms with van der Waals surface area (Å²) in [5.41, 5.74) is -0.0413. The highest BCUT2D eigenvalue weighted by atomic mass is 32.1. The van der Waals surface area contributed by atoms with Crippen molar-refractivity contribution >= 4 is 31.5 Å². The normalized spacial score (nSPS) is 9.42. The second kappa shape index (κ2) is 3.36. The summed E-state index contributed by atoms with van der Waals surface area (Å²) in [4.78, 5) is 31.0. The topological polar surface area (TPSA) is 64.3 Å². The number of carbonyl (C=O) groups is 3. The van der Waals surface area contributed by atoms with Gasteiger partial charge in [0.1, 0.15) is 0 Å². The monoisotopic (exact) mass is 184 g/mol. The number of aldehydes is 3. The Morgan fingerprint density at radius 1 is 1.00 bits per heavy atom. The minimum atomic E-state index is -0.169. The molecule has 0 spiro atoms. The van der Waals surface area contributed by atoms with Crippen molar-refractivity contribution in [1.29, 1.82) is 0 Å². The Hall–Kier alpha value is -1.36. The third-order valence-electron chi connectivity index (χ3n) is 1.34. The van der Waals surface area contributed by atoms with Crippen molar-refractivity contribution in [3.8, 4) is 0 Å². The molecule has 0 saturated carbocycles. The highest BCUT2D eigenvalue weighted by Gasteiger charge is 2.16. The molecule has 5 heteroatoms. The molecule has 0 aromatic carbocycles. The maximum absolute atomic E-state index is 10.4. The van der Waals surface area contributed by atoms with E-state index in [1.54, 1.807) is 0 Å². The largest absolute Gasteiger partial charge is 0.446 e. The molecule has 0 amide bonds. The van der Waals surface area contributed by atoms with Crippen LogP contribution in [0.4, 0.5) is 0 Å². The van der Waals surface area contributed by atoms with Gasteiger partial charge in [0, 0.05) is 0 Å². The van der Waals surface area contributed by atoms with Gasteiger partial charge in [-0.3, -0.25) is 14.4 Å². The first-order valence-corrected chi connectivity index (χ1v) is 3.40. The van der Waals surface area contributed by atoms with Crippen LogP contribution in [0.25, 0.3) is 0 Å². The molecule has 0 N–H and O–H groups in total. The molecule has 0 atom stereocenters. The lowest BCUT2D eigenvalue weighted by atomic mass is 10.2. The molecule has 12 heavy (non-hydrogen) atoms. The maximum atomic E-state index is 10.4. The molecular formula is C7H4O4S. The molecule has 0 radical (unpaired) electrons. The second-order valence-electron chi connectivity index (χ2n) is 1.95. The summed E-state index contributed by atoms with van der Waals surface area (Å²) in [6, 6.07) is 0. The number of thiol groups is 1. The zero-order valence-corrected chi connectivity index (χ0v) is 6.71. The molecule has 62 valence electrons. The van der Waals surface area contributed by atoms with Crippen molar-refractivity contribution in [2.24, 2.45) is 0 Å². The fraction of sp³-hybridized carbons (Fsp3) is 0. The Morgan fingerprint density at radius 2 is 1.58 bits per heavy atom. The van der Waals surface area contributed by atoms with Crippen LogP contribution in [0.1, 0.15) is 31.3 Å². The van der Waals surface area contributed by atoms with Gasteiger partial charge in [-0.1, -0.05) is 0 Å². The molecule has 0 aliphatic carbocycles. The molecule has 1 aromatic rings. The van der Waals surface area contributed by atoms with E-state index in [2.05, 4.69) is 12.6 Å². The van der Waals surface area contributed by atoms with E-state index in [1.807, 2.05) is 0 Å². The van der Waals surface area contributed by atoms with Crippen molar-refractivity contribution < 1.29 is 18.8 Å². The smallest absolute Gasteiger partial charge is 0.186 e. The van der Waals surface area contributed by atoms with Crippen LogP contribution in [-0.4, -0.2) is 18.9 Å². The minimum Gasteiger partial charge on any atom is -0.446 e. The van der Waals surface area contributed by atoms with Crippen LogP contribution in [0.2, 0.25) is 0 Å². The maximum Gasteiger partial charge on any atom is 0.186 e. The highest BCUT2D eigenvalue weighted by Crippen LogP contribution is 2.21. The third kappa shape index (κ3) is 1.18. The molecular weight excluding hydrogens is 180 g/mol. The Kier molecular flexibility index (Phi) is 2.44. The van der Waals surface area contributed by atoms with E-state index in [0.29, 0.717) is 18.9 Å². The van der Waals surface area contributed by atoms with Crippen molar-refractivity contribution in [3.05, 3.63) is 16.9 Å². The van der Waals surface area contributed by atoms with Crippen LogP contribution in [0, 0.1) is 0 Å². The fourth-order valence-corrected chi connectivity index (χ4v) is 1.06. The van der Waals surface area contributed by atoms with Crippen molar-refractivity contribution in [3.63, 3.8) is 0 Å². The van der Waals surface area contributed by atoms with Gasteiger partial charge >= 0.3 is 0 Å². The summed E-state index contributed by atoms with van der Waals surface area (Å²) < 4.78 is 4.71. The molecule has 4 nitrogen and oxygen atoms in total. The fourth-order valence-electron chi connectivity index (χ4n) is 0.785.